The van der Waals surface area contributed by atoms with Crippen LogP contribution in [0.15, 0.2) is 18.2 Å². The molecule has 0 aliphatic heterocycles. The van der Waals surface area contributed by atoms with Crippen LogP contribution in [-0.2, 0) is 0 Å². The van der Waals surface area contributed by atoms with Gasteiger partial charge in [0.15, 0.2) is 11.6 Å². The molecular weight excluding hydrogens is 244 g/mol. The standard InChI is InChI=1S/C16H23F2N/c1-11(13-6-4-3-5-7-13)19-12(2)14-8-9-15(17)16(18)10-14/h8-13,19H,3-7H2,1-2H3. The van der Waals surface area contributed by atoms with Crippen molar-refractivity contribution in [3.63, 3.8) is 0 Å². The molecule has 0 bridgehead atoms. The first-order chi connectivity index (χ1) is 9.08. The van der Waals surface area contributed by atoms with E-state index in [0.29, 0.717) is 12.0 Å². The maximum absolute atomic E-state index is 13.2. The molecule has 1 aromatic rings. The normalized spacial score (nSPS) is 20.2. The smallest absolute Gasteiger partial charge is 0.159 e. The van der Waals surface area contributed by atoms with Crippen LogP contribution in [-0.4, -0.2) is 6.04 Å². The molecule has 0 heterocycles. The fourth-order valence-electron chi connectivity index (χ4n) is 3.04. The van der Waals surface area contributed by atoms with Crippen LogP contribution in [0.4, 0.5) is 8.78 Å². The summed E-state index contributed by atoms with van der Waals surface area (Å²) in [5.74, 6) is -0.839. The molecule has 0 radical (unpaired) electrons. The number of hydrogen-bond donors (Lipinski definition) is 1. The van der Waals surface area contributed by atoms with Gasteiger partial charge in [0.1, 0.15) is 0 Å². The van der Waals surface area contributed by atoms with Crippen LogP contribution in [0.5, 0.6) is 0 Å². The second-order valence-electron chi connectivity index (χ2n) is 5.75. The summed E-state index contributed by atoms with van der Waals surface area (Å²) in [4.78, 5) is 0. The molecule has 2 rings (SSSR count). The number of halogens is 2. The number of hydrogen-bond acceptors (Lipinski definition) is 1. The molecular formula is C16H23F2N. The lowest BCUT2D eigenvalue weighted by Gasteiger charge is -2.30. The molecule has 1 aromatic carbocycles. The molecule has 0 aromatic heterocycles. The van der Waals surface area contributed by atoms with Gasteiger partial charge >= 0.3 is 0 Å². The Morgan fingerprint density at radius 1 is 1.05 bits per heavy atom. The number of benzene rings is 1. The van der Waals surface area contributed by atoms with Crippen molar-refractivity contribution in [3.8, 4) is 0 Å². The van der Waals surface area contributed by atoms with Crippen LogP contribution >= 0.6 is 0 Å². The van der Waals surface area contributed by atoms with Crippen molar-refractivity contribution in [2.24, 2.45) is 5.92 Å². The van der Waals surface area contributed by atoms with Gasteiger partial charge in [-0.05, 0) is 50.3 Å². The summed E-state index contributed by atoms with van der Waals surface area (Å²) < 4.78 is 26.1. The van der Waals surface area contributed by atoms with Gasteiger partial charge in [0.25, 0.3) is 0 Å². The van der Waals surface area contributed by atoms with Crippen molar-refractivity contribution in [1.82, 2.24) is 5.32 Å². The first-order valence-electron chi connectivity index (χ1n) is 7.29. The lowest BCUT2D eigenvalue weighted by atomic mass is 9.84. The van der Waals surface area contributed by atoms with Crippen molar-refractivity contribution in [2.45, 2.75) is 58.0 Å². The Morgan fingerprint density at radius 2 is 1.74 bits per heavy atom. The Kier molecular flexibility index (Phi) is 4.92. The molecule has 3 heteroatoms. The van der Waals surface area contributed by atoms with Crippen LogP contribution in [0.3, 0.4) is 0 Å². The molecule has 106 valence electrons. The molecule has 2 atom stereocenters. The van der Waals surface area contributed by atoms with E-state index >= 15 is 0 Å². The maximum Gasteiger partial charge on any atom is 0.159 e. The van der Waals surface area contributed by atoms with Gasteiger partial charge in [-0.2, -0.15) is 0 Å². The quantitative estimate of drug-likeness (QED) is 0.841. The third-order valence-electron chi connectivity index (χ3n) is 4.31. The minimum Gasteiger partial charge on any atom is -0.307 e. The average Bonchev–Trinajstić information content (AvgIpc) is 2.42. The van der Waals surface area contributed by atoms with Gasteiger partial charge in [0.2, 0.25) is 0 Å². The predicted octanol–water partition coefficient (Wildman–Crippen LogP) is 4.58. The van der Waals surface area contributed by atoms with Crippen molar-refractivity contribution in [3.05, 3.63) is 35.4 Å². The van der Waals surface area contributed by atoms with Crippen molar-refractivity contribution in [1.29, 1.82) is 0 Å². The van der Waals surface area contributed by atoms with Crippen LogP contribution in [0.1, 0.15) is 57.6 Å². The van der Waals surface area contributed by atoms with E-state index < -0.39 is 11.6 Å². The lowest BCUT2D eigenvalue weighted by molar-refractivity contribution is 0.268. The summed E-state index contributed by atoms with van der Waals surface area (Å²) in [6.45, 7) is 4.21. The Labute approximate surface area is 114 Å². The first-order valence-corrected chi connectivity index (χ1v) is 7.29. The minimum atomic E-state index is -0.781. The Morgan fingerprint density at radius 3 is 2.37 bits per heavy atom. The van der Waals surface area contributed by atoms with Crippen LogP contribution in [0, 0.1) is 17.6 Å². The fourth-order valence-corrected chi connectivity index (χ4v) is 3.04. The predicted molar refractivity (Wildman–Crippen MR) is 73.9 cm³/mol. The van der Waals surface area contributed by atoms with Gasteiger partial charge in [0, 0.05) is 12.1 Å². The zero-order valence-electron chi connectivity index (χ0n) is 11.8. The van der Waals surface area contributed by atoms with Gasteiger partial charge in [0.05, 0.1) is 0 Å². The molecule has 1 saturated carbocycles. The van der Waals surface area contributed by atoms with E-state index in [-0.39, 0.29) is 6.04 Å². The average molecular weight is 267 g/mol. The molecule has 1 aliphatic carbocycles. The monoisotopic (exact) mass is 267 g/mol. The molecule has 2 unspecified atom stereocenters. The van der Waals surface area contributed by atoms with E-state index in [1.54, 1.807) is 6.07 Å². The molecule has 19 heavy (non-hydrogen) atoms. The Bertz CT molecular complexity index is 413. The Balaban J connectivity index is 1.95. The highest BCUT2D eigenvalue weighted by atomic mass is 19.2. The molecule has 0 amide bonds. The van der Waals surface area contributed by atoms with E-state index in [2.05, 4.69) is 12.2 Å². The van der Waals surface area contributed by atoms with Crippen molar-refractivity contribution in [2.75, 3.05) is 0 Å². The summed E-state index contributed by atoms with van der Waals surface area (Å²) in [5.41, 5.74) is 0.807. The largest absolute Gasteiger partial charge is 0.307 e. The third-order valence-corrected chi connectivity index (χ3v) is 4.31. The second-order valence-corrected chi connectivity index (χ2v) is 5.75. The molecule has 0 saturated heterocycles. The summed E-state index contributed by atoms with van der Waals surface area (Å²) in [5, 5.41) is 3.52. The summed E-state index contributed by atoms with van der Waals surface area (Å²) >= 11 is 0. The van der Waals surface area contributed by atoms with Crippen molar-refractivity contribution < 1.29 is 8.78 Å². The number of nitrogens with one attached hydrogen (secondary N) is 1. The van der Waals surface area contributed by atoms with Gasteiger partial charge in [-0.25, -0.2) is 8.78 Å². The fraction of sp³-hybridized carbons (Fsp3) is 0.625. The van der Waals surface area contributed by atoms with Crippen molar-refractivity contribution >= 4 is 0 Å². The molecule has 1 nitrogen and oxygen atoms in total. The minimum absolute atomic E-state index is 0.0482. The molecule has 0 spiro atoms. The van der Waals surface area contributed by atoms with Gasteiger partial charge in [-0.3, -0.25) is 0 Å². The van der Waals surface area contributed by atoms with E-state index in [0.717, 1.165) is 5.56 Å². The first kappa shape index (κ1) is 14.4. The van der Waals surface area contributed by atoms with E-state index in [1.165, 1.54) is 44.2 Å². The van der Waals surface area contributed by atoms with Gasteiger partial charge < -0.3 is 5.32 Å². The third kappa shape index (κ3) is 3.75. The zero-order chi connectivity index (χ0) is 13.8. The van der Waals surface area contributed by atoms with E-state index in [4.69, 9.17) is 0 Å². The Hall–Kier alpha value is -0.960. The highest BCUT2D eigenvalue weighted by molar-refractivity contribution is 5.20. The molecule has 1 fully saturated rings. The summed E-state index contributed by atoms with van der Waals surface area (Å²) in [7, 11) is 0. The van der Waals surface area contributed by atoms with Gasteiger partial charge in [-0.15, -0.1) is 0 Å². The summed E-state index contributed by atoms with van der Waals surface area (Å²) in [6, 6.07) is 4.62. The second kappa shape index (κ2) is 6.47. The molecule has 1 aliphatic rings. The zero-order valence-corrected chi connectivity index (χ0v) is 11.8. The SMILES string of the molecule is CC(NC(C)C1CCCCC1)c1ccc(F)c(F)c1. The van der Waals surface area contributed by atoms with Crippen LogP contribution in [0.2, 0.25) is 0 Å². The number of rotatable bonds is 4. The molecule has 1 N–H and O–H groups in total. The van der Waals surface area contributed by atoms with Gasteiger partial charge in [-0.1, -0.05) is 25.3 Å². The highest BCUT2D eigenvalue weighted by Gasteiger charge is 2.21. The van der Waals surface area contributed by atoms with E-state index in [9.17, 15) is 8.78 Å². The summed E-state index contributed by atoms with van der Waals surface area (Å²) in [6.07, 6.45) is 6.53. The highest BCUT2D eigenvalue weighted by Crippen LogP contribution is 2.27. The van der Waals surface area contributed by atoms with Crippen LogP contribution in [0.25, 0.3) is 0 Å². The topological polar surface area (TPSA) is 12.0 Å². The van der Waals surface area contributed by atoms with Crippen LogP contribution < -0.4 is 5.32 Å². The van der Waals surface area contributed by atoms with E-state index in [1.807, 2.05) is 6.92 Å². The lowest BCUT2D eigenvalue weighted by Crippen LogP contribution is -2.36. The maximum atomic E-state index is 13.2.